The first kappa shape index (κ1) is 11.5. The van der Waals surface area contributed by atoms with Crippen LogP contribution >= 0.6 is 11.6 Å². The first-order valence-electron chi connectivity index (χ1n) is 4.10. The number of halogens is 2. The Balaban J connectivity index is 2.95. The van der Waals surface area contributed by atoms with E-state index in [1.165, 1.54) is 12.1 Å². The van der Waals surface area contributed by atoms with Crippen LogP contribution in [0, 0.1) is 11.2 Å². The van der Waals surface area contributed by atoms with Crippen LogP contribution in [0.2, 0.25) is 5.02 Å². The van der Waals surface area contributed by atoms with E-state index in [2.05, 4.69) is 10.5 Å². The number of guanidine groups is 1. The van der Waals surface area contributed by atoms with Crippen molar-refractivity contribution >= 4 is 23.3 Å². The molecule has 0 aromatic heterocycles. The number of nitrogens with one attached hydrogen (secondary N) is 2. The molecule has 15 heavy (non-hydrogen) atoms. The van der Waals surface area contributed by atoms with Crippen molar-refractivity contribution in [2.24, 2.45) is 10.8 Å². The highest BCUT2D eigenvalue weighted by molar-refractivity contribution is 6.30. The molecule has 1 aromatic rings. The van der Waals surface area contributed by atoms with E-state index >= 15 is 0 Å². The van der Waals surface area contributed by atoms with Gasteiger partial charge in [-0.15, -0.1) is 0 Å². The Bertz CT molecular complexity index is 417. The van der Waals surface area contributed by atoms with E-state index < -0.39 is 5.82 Å². The van der Waals surface area contributed by atoms with Crippen molar-refractivity contribution in [3.05, 3.63) is 34.6 Å². The maximum absolute atomic E-state index is 13.3. The molecule has 0 aliphatic heterocycles. The molecule has 4 N–H and O–H groups in total. The van der Waals surface area contributed by atoms with E-state index in [4.69, 9.17) is 22.7 Å². The zero-order chi connectivity index (χ0) is 11.4. The monoisotopic (exact) mass is 228 g/mol. The molecule has 1 rings (SSSR count). The highest BCUT2D eigenvalue weighted by Crippen LogP contribution is 2.15. The fraction of sp³-hybridized carbons (Fsp3) is 0.111. The van der Waals surface area contributed by atoms with Crippen molar-refractivity contribution in [2.45, 2.75) is 6.92 Å². The molecule has 1 aromatic carbocycles. The van der Waals surface area contributed by atoms with Gasteiger partial charge in [-0.3, -0.25) is 5.41 Å². The third kappa shape index (κ3) is 3.21. The van der Waals surface area contributed by atoms with E-state index in [-0.39, 0.29) is 5.96 Å². The molecule has 80 valence electrons. The Morgan fingerprint density at radius 3 is 2.80 bits per heavy atom. The summed E-state index contributed by atoms with van der Waals surface area (Å²) >= 11 is 5.60. The van der Waals surface area contributed by atoms with E-state index in [1.54, 1.807) is 13.0 Å². The van der Waals surface area contributed by atoms with Gasteiger partial charge in [0.15, 0.2) is 0 Å². The maximum atomic E-state index is 13.3. The molecular weight excluding hydrogens is 219 g/mol. The van der Waals surface area contributed by atoms with Crippen LogP contribution in [0.4, 0.5) is 4.39 Å². The zero-order valence-corrected chi connectivity index (χ0v) is 8.77. The molecule has 0 unspecified atom stereocenters. The highest BCUT2D eigenvalue weighted by Gasteiger charge is 2.05. The van der Waals surface area contributed by atoms with Crippen LogP contribution in [0.15, 0.2) is 23.3 Å². The second kappa shape index (κ2) is 4.75. The van der Waals surface area contributed by atoms with Crippen LogP contribution in [0.3, 0.4) is 0 Å². The SMILES string of the molecule is C/C(=N\NC(=N)N)c1ccc(Cl)cc1F. The Morgan fingerprint density at radius 2 is 2.27 bits per heavy atom. The zero-order valence-electron chi connectivity index (χ0n) is 8.01. The second-order valence-corrected chi connectivity index (χ2v) is 3.28. The summed E-state index contributed by atoms with van der Waals surface area (Å²) < 4.78 is 13.3. The molecule has 0 radical (unpaired) electrons. The molecular formula is C9H10ClFN4. The van der Waals surface area contributed by atoms with Gasteiger partial charge >= 0.3 is 0 Å². The first-order chi connectivity index (χ1) is 7.00. The van der Waals surface area contributed by atoms with Crippen molar-refractivity contribution in [3.63, 3.8) is 0 Å². The van der Waals surface area contributed by atoms with Crippen LogP contribution in [0.25, 0.3) is 0 Å². The van der Waals surface area contributed by atoms with Crippen molar-refractivity contribution in [1.82, 2.24) is 5.43 Å². The molecule has 0 saturated carbocycles. The quantitative estimate of drug-likeness (QED) is 0.409. The Labute approximate surface area is 91.4 Å². The molecule has 0 bridgehead atoms. The number of hydrazone groups is 1. The minimum absolute atomic E-state index is 0.302. The number of benzene rings is 1. The lowest BCUT2D eigenvalue weighted by molar-refractivity contribution is 0.625. The largest absolute Gasteiger partial charge is 0.369 e. The Kier molecular flexibility index (Phi) is 3.62. The Hall–Kier alpha value is -1.62. The summed E-state index contributed by atoms with van der Waals surface area (Å²) in [7, 11) is 0. The standard InChI is InChI=1S/C9H10ClFN4/c1-5(14-15-9(12)13)7-3-2-6(10)4-8(7)11/h2-4H,1H3,(H4,12,13,15)/b14-5+. The fourth-order valence-electron chi connectivity index (χ4n) is 0.987. The van der Waals surface area contributed by atoms with E-state index in [9.17, 15) is 4.39 Å². The highest BCUT2D eigenvalue weighted by atomic mass is 35.5. The summed E-state index contributed by atoms with van der Waals surface area (Å²) in [6.07, 6.45) is 0. The minimum Gasteiger partial charge on any atom is -0.369 e. The predicted octanol–water partition coefficient (Wildman–Crippen LogP) is 1.69. The second-order valence-electron chi connectivity index (χ2n) is 2.85. The maximum Gasteiger partial charge on any atom is 0.206 e. The molecule has 0 fully saturated rings. The summed E-state index contributed by atoms with van der Waals surface area (Å²) in [4.78, 5) is 0. The number of nitrogens with two attached hydrogens (primary N) is 1. The molecule has 0 heterocycles. The normalized spacial score (nSPS) is 11.3. The van der Waals surface area contributed by atoms with Gasteiger partial charge in [-0.25, -0.2) is 9.82 Å². The van der Waals surface area contributed by atoms with Gasteiger partial charge in [-0.2, -0.15) is 5.10 Å². The third-order valence-corrected chi connectivity index (χ3v) is 1.90. The van der Waals surface area contributed by atoms with Crippen molar-refractivity contribution in [2.75, 3.05) is 0 Å². The number of nitrogens with zero attached hydrogens (tertiary/aromatic N) is 1. The van der Waals surface area contributed by atoms with Gasteiger partial charge in [0.05, 0.1) is 5.71 Å². The van der Waals surface area contributed by atoms with Gasteiger partial charge < -0.3 is 5.73 Å². The van der Waals surface area contributed by atoms with E-state index in [0.29, 0.717) is 16.3 Å². The molecule has 6 heteroatoms. The first-order valence-corrected chi connectivity index (χ1v) is 4.48. The molecule has 0 aliphatic carbocycles. The summed E-state index contributed by atoms with van der Waals surface area (Å²) in [6.45, 7) is 1.60. The van der Waals surface area contributed by atoms with Crippen LogP contribution in [-0.2, 0) is 0 Å². The van der Waals surface area contributed by atoms with Crippen LogP contribution < -0.4 is 11.2 Å². The number of rotatable bonds is 2. The average Bonchev–Trinajstić information content (AvgIpc) is 2.14. The van der Waals surface area contributed by atoms with Gasteiger partial charge in [0, 0.05) is 10.6 Å². The Morgan fingerprint density at radius 1 is 1.60 bits per heavy atom. The van der Waals surface area contributed by atoms with E-state index in [0.717, 1.165) is 0 Å². The average molecular weight is 229 g/mol. The lowest BCUT2D eigenvalue weighted by Gasteiger charge is -2.03. The molecule has 4 nitrogen and oxygen atoms in total. The number of hydrogen-bond donors (Lipinski definition) is 3. The topological polar surface area (TPSA) is 74.3 Å². The van der Waals surface area contributed by atoms with Crippen molar-refractivity contribution in [1.29, 1.82) is 5.41 Å². The summed E-state index contributed by atoms with van der Waals surface area (Å²) in [6, 6.07) is 4.27. The molecule has 0 saturated heterocycles. The van der Waals surface area contributed by atoms with Gasteiger partial charge in [-0.05, 0) is 25.1 Å². The van der Waals surface area contributed by atoms with Gasteiger partial charge in [0.1, 0.15) is 5.82 Å². The smallest absolute Gasteiger partial charge is 0.206 e. The van der Waals surface area contributed by atoms with Crippen LogP contribution in [0.1, 0.15) is 12.5 Å². The summed E-state index contributed by atoms with van der Waals surface area (Å²) in [5, 5.41) is 10.9. The predicted molar refractivity (Wildman–Crippen MR) is 58.7 cm³/mol. The summed E-state index contributed by atoms with van der Waals surface area (Å²) in [5.41, 5.74) is 7.97. The van der Waals surface area contributed by atoms with Gasteiger partial charge in [0.25, 0.3) is 0 Å². The van der Waals surface area contributed by atoms with Crippen molar-refractivity contribution < 1.29 is 4.39 Å². The fourth-order valence-corrected chi connectivity index (χ4v) is 1.15. The molecule has 0 atom stereocenters. The molecule has 0 amide bonds. The lowest BCUT2D eigenvalue weighted by atomic mass is 10.1. The van der Waals surface area contributed by atoms with Crippen molar-refractivity contribution in [3.8, 4) is 0 Å². The van der Waals surface area contributed by atoms with Crippen LogP contribution in [-0.4, -0.2) is 11.7 Å². The summed E-state index contributed by atoms with van der Waals surface area (Å²) in [5.74, 6) is -0.766. The van der Waals surface area contributed by atoms with Gasteiger partial charge in [-0.1, -0.05) is 11.6 Å². The van der Waals surface area contributed by atoms with Crippen LogP contribution in [0.5, 0.6) is 0 Å². The molecule has 0 spiro atoms. The minimum atomic E-state index is -0.464. The third-order valence-electron chi connectivity index (χ3n) is 1.66. The van der Waals surface area contributed by atoms with Gasteiger partial charge in [0.2, 0.25) is 5.96 Å². The lowest BCUT2D eigenvalue weighted by Crippen LogP contribution is -2.26. The number of hydrogen-bond acceptors (Lipinski definition) is 2. The van der Waals surface area contributed by atoms with E-state index in [1.807, 2.05) is 0 Å². The molecule has 0 aliphatic rings.